The standard InChI is InChI=1S/C13H21N3O2S2/c1-2-6-14-8-11-3-4-13(15-9-11)20(17,18)16-12-5-7-19-10-12/h3-4,9,12,14,16H,2,5-8,10H2,1H3. The van der Waals surface area contributed by atoms with Gasteiger partial charge in [-0.05, 0) is 36.8 Å². The maximum atomic E-state index is 12.2. The molecule has 1 aromatic rings. The van der Waals surface area contributed by atoms with Crippen molar-refractivity contribution in [1.82, 2.24) is 15.0 Å². The van der Waals surface area contributed by atoms with Gasteiger partial charge in [-0.2, -0.15) is 11.8 Å². The second-order valence-electron chi connectivity index (χ2n) is 4.86. The summed E-state index contributed by atoms with van der Waals surface area (Å²) < 4.78 is 27.0. The molecule has 1 aliphatic rings. The van der Waals surface area contributed by atoms with Crippen molar-refractivity contribution >= 4 is 21.8 Å². The van der Waals surface area contributed by atoms with E-state index in [1.165, 1.54) is 0 Å². The Morgan fingerprint density at radius 1 is 1.45 bits per heavy atom. The third-order valence-electron chi connectivity index (χ3n) is 3.08. The van der Waals surface area contributed by atoms with E-state index in [-0.39, 0.29) is 11.1 Å². The molecule has 1 aliphatic heterocycles. The van der Waals surface area contributed by atoms with Crippen molar-refractivity contribution < 1.29 is 8.42 Å². The first-order valence-electron chi connectivity index (χ1n) is 6.87. The van der Waals surface area contributed by atoms with Crippen LogP contribution in [0.5, 0.6) is 0 Å². The molecule has 0 radical (unpaired) electrons. The van der Waals surface area contributed by atoms with Gasteiger partial charge in [0.1, 0.15) is 0 Å². The summed E-state index contributed by atoms with van der Waals surface area (Å²) in [5.41, 5.74) is 0.994. The maximum Gasteiger partial charge on any atom is 0.258 e. The molecule has 2 N–H and O–H groups in total. The van der Waals surface area contributed by atoms with Crippen LogP contribution in [-0.2, 0) is 16.6 Å². The van der Waals surface area contributed by atoms with Crippen LogP contribution in [0.3, 0.4) is 0 Å². The number of thioether (sulfide) groups is 1. The SMILES string of the molecule is CCCNCc1ccc(S(=O)(=O)NC2CCSC2)nc1. The molecule has 112 valence electrons. The lowest BCUT2D eigenvalue weighted by Gasteiger charge is -2.11. The molecule has 0 amide bonds. The Bertz CT molecular complexity index is 511. The monoisotopic (exact) mass is 315 g/mol. The van der Waals surface area contributed by atoms with Crippen LogP contribution >= 0.6 is 11.8 Å². The van der Waals surface area contributed by atoms with Crippen LogP contribution < -0.4 is 10.0 Å². The summed E-state index contributed by atoms with van der Waals surface area (Å²) in [6.45, 7) is 3.77. The number of aromatic nitrogens is 1. The highest BCUT2D eigenvalue weighted by Crippen LogP contribution is 2.19. The first-order chi connectivity index (χ1) is 9.62. The molecule has 20 heavy (non-hydrogen) atoms. The number of hydrogen-bond donors (Lipinski definition) is 2. The van der Waals surface area contributed by atoms with Gasteiger partial charge in [0, 0.05) is 24.5 Å². The van der Waals surface area contributed by atoms with Gasteiger partial charge in [-0.25, -0.2) is 18.1 Å². The minimum Gasteiger partial charge on any atom is -0.313 e. The third-order valence-corrected chi connectivity index (χ3v) is 5.68. The summed E-state index contributed by atoms with van der Waals surface area (Å²) in [4.78, 5) is 4.07. The van der Waals surface area contributed by atoms with E-state index in [0.717, 1.165) is 36.5 Å². The van der Waals surface area contributed by atoms with E-state index >= 15 is 0 Å². The molecule has 1 atom stereocenters. The molecule has 5 nitrogen and oxygen atoms in total. The predicted octanol–water partition coefficient (Wildman–Crippen LogP) is 1.36. The second-order valence-corrected chi connectivity index (χ2v) is 7.67. The fraction of sp³-hybridized carbons (Fsp3) is 0.615. The molecule has 0 aliphatic carbocycles. The Morgan fingerprint density at radius 3 is 2.90 bits per heavy atom. The van der Waals surface area contributed by atoms with Crippen LogP contribution in [0.4, 0.5) is 0 Å². The molecule has 0 bridgehead atoms. The summed E-state index contributed by atoms with van der Waals surface area (Å²) in [6, 6.07) is 3.43. The number of nitrogens with one attached hydrogen (secondary N) is 2. The van der Waals surface area contributed by atoms with Gasteiger partial charge in [0.25, 0.3) is 10.0 Å². The highest BCUT2D eigenvalue weighted by Gasteiger charge is 2.23. The lowest BCUT2D eigenvalue weighted by Crippen LogP contribution is -2.35. The Balaban J connectivity index is 1.97. The summed E-state index contributed by atoms with van der Waals surface area (Å²) in [6.07, 6.45) is 3.59. The van der Waals surface area contributed by atoms with Gasteiger partial charge >= 0.3 is 0 Å². The molecular weight excluding hydrogens is 294 g/mol. The highest BCUT2D eigenvalue weighted by atomic mass is 32.2. The zero-order chi connectivity index (χ0) is 14.4. The van der Waals surface area contributed by atoms with Gasteiger partial charge in [0.15, 0.2) is 5.03 Å². The third kappa shape index (κ3) is 4.44. The Morgan fingerprint density at radius 2 is 2.30 bits per heavy atom. The van der Waals surface area contributed by atoms with E-state index in [4.69, 9.17) is 0 Å². The fourth-order valence-electron chi connectivity index (χ4n) is 1.99. The van der Waals surface area contributed by atoms with Gasteiger partial charge in [0.2, 0.25) is 0 Å². The van der Waals surface area contributed by atoms with Crippen molar-refractivity contribution in [3.63, 3.8) is 0 Å². The first kappa shape index (κ1) is 15.8. The first-order valence-corrected chi connectivity index (χ1v) is 9.51. The van der Waals surface area contributed by atoms with Gasteiger partial charge in [-0.1, -0.05) is 13.0 Å². The largest absolute Gasteiger partial charge is 0.313 e. The number of pyridine rings is 1. The molecular formula is C13H21N3O2S2. The molecule has 2 heterocycles. The molecule has 0 saturated carbocycles. The number of rotatable bonds is 7. The van der Waals surface area contributed by atoms with E-state index in [2.05, 4.69) is 21.9 Å². The number of nitrogens with zero attached hydrogens (tertiary/aromatic N) is 1. The summed E-state index contributed by atoms with van der Waals surface area (Å²) in [5.74, 6) is 1.86. The van der Waals surface area contributed by atoms with Crippen molar-refractivity contribution in [2.75, 3.05) is 18.1 Å². The van der Waals surface area contributed by atoms with Crippen LogP contribution in [0.25, 0.3) is 0 Å². The lowest BCUT2D eigenvalue weighted by atomic mass is 10.3. The Hall–Kier alpha value is -0.630. The molecule has 0 aromatic carbocycles. The van der Waals surface area contributed by atoms with Gasteiger partial charge in [-0.15, -0.1) is 0 Å². The molecule has 1 unspecified atom stereocenters. The van der Waals surface area contributed by atoms with Crippen LogP contribution in [0.1, 0.15) is 25.3 Å². The van der Waals surface area contributed by atoms with E-state index in [0.29, 0.717) is 6.54 Å². The average molecular weight is 315 g/mol. The smallest absolute Gasteiger partial charge is 0.258 e. The summed E-state index contributed by atoms with van der Waals surface area (Å²) >= 11 is 1.78. The average Bonchev–Trinajstić information content (AvgIpc) is 2.92. The Kier molecular flexibility index (Phi) is 5.83. The van der Waals surface area contributed by atoms with Crippen molar-refractivity contribution in [3.05, 3.63) is 23.9 Å². The molecule has 1 aromatic heterocycles. The summed E-state index contributed by atoms with van der Waals surface area (Å²) in [5, 5.41) is 3.37. The number of sulfonamides is 1. The predicted molar refractivity (Wildman–Crippen MR) is 82.3 cm³/mol. The zero-order valence-electron chi connectivity index (χ0n) is 11.6. The summed E-state index contributed by atoms with van der Waals surface area (Å²) in [7, 11) is -3.48. The minimum atomic E-state index is -3.48. The van der Waals surface area contributed by atoms with Crippen molar-refractivity contribution in [3.8, 4) is 0 Å². The molecule has 7 heteroatoms. The zero-order valence-corrected chi connectivity index (χ0v) is 13.3. The Labute approximate surface area is 125 Å². The second kappa shape index (κ2) is 7.40. The van der Waals surface area contributed by atoms with E-state index in [1.54, 1.807) is 24.0 Å². The topological polar surface area (TPSA) is 71.1 Å². The van der Waals surface area contributed by atoms with Gasteiger partial charge < -0.3 is 5.32 Å². The van der Waals surface area contributed by atoms with E-state index in [1.807, 2.05) is 6.07 Å². The minimum absolute atomic E-state index is 0.0395. The maximum absolute atomic E-state index is 12.2. The van der Waals surface area contributed by atoms with Crippen LogP contribution in [0.2, 0.25) is 0 Å². The van der Waals surface area contributed by atoms with Crippen molar-refractivity contribution in [2.24, 2.45) is 0 Å². The van der Waals surface area contributed by atoms with Crippen LogP contribution in [-0.4, -0.2) is 37.5 Å². The molecule has 1 saturated heterocycles. The number of hydrogen-bond acceptors (Lipinski definition) is 5. The quantitative estimate of drug-likeness (QED) is 0.744. The lowest BCUT2D eigenvalue weighted by molar-refractivity contribution is 0.559. The van der Waals surface area contributed by atoms with Gasteiger partial charge in [0.05, 0.1) is 0 Å². The highest BCUT2D eigenvalue weighted by molar-refractivity contribution is 7.99. The van der Waals surface area contributed by atoms with E-state index in [9.17, 15) is 8.42 Å². The molecule has 2 rings (SSSR count). The van der Waals surface area contributed by atoms with Crippen LogP contribution in [0.15, 0.2) is 23.4 Å². The molecule has 0 spiro atoms. The van der Waals surface area contributed by atoms with Crippen molar-refractivity contribution in [2.45, 2.75) is 37.4 Å². The normalized spacial score (nSPS) is 19.4. The fourth-order valence-corrected chi connectivity index (χ4v) is 4.45. The van der Waals surface area contributed by atoms with Crippen LogP contribution in [0, 0.1) is 0 Å². The van der Waals surface area contributed by atoms with Crippen molar-refractivity contribution in [1.29, 1.82) is 0 Å². The molecule has 1 fully saturated rings. The van der Waals surface area contributed by atoms with Gasteiger partial charge in [-0.3, -0.25) is 0 Å². The van der Waals surface area contributed by atoms with E-state index < -0.39 is 10.0 Å².